The molecule has 3 aliphatic heterocycles. The van der Waals surface area contributed by atoms with E-state index in [1.165, 1.54) is 18.5 Å². The molecule has 6 rings (SSSR count). The van der Waals surface area contributed by atoms with E-state index >= 15 is 0 Å². The van der Waals surface area contributed by atoms with Gasteiger partial charge in [0.25, 0.3) is 0 Å². The molecule has 12 nitrogen and oxygen atoms in total. The minimum absolute atomic E-state index is 0.0489. The number of halogens is 2. The summed E-state index contributed by atoms with van der Waals surface area (Å²) in [4.78, 5) is 45.7. The third-order valence-electron chi connectivity index (χ3n) is 9.22. The van der Waals surface area contributed by atoms with Gasteiger partial charge in [-0.25, -0.2) is 19.4 Å². The molecule has 0 radical (unpaired) electrons. The smallest absolute Gasteiger partial charge is 0.247 e. The molecule has 3 saturated heterocycles. The summed E-state index contributed by atoms with van der Waals surface area (Å²) in [6.45, 7) is 10.6. The quantitative estimate of drug-likeness (QED) is 0.294. The number of benzene rings is 2. The van der Waals surface area contributed by atoms with Crippen LogP contribution in [-0.2, 0) is 14.4 Å². The second-order valence-electron chi connectivity index (χ2n) is 12.0. The average Bonchev–Trinajstić information content (AvgIpc) is 3.60. The van der Waals surface area contributed by atoms with Crippen LogP contribution in [0.2, 0.25) is 5.02 Å². The Kier molecular flexibility index (Phi) is 10.3. The topological polar surface area (TPSA) is 115 Å². The molecule has 2 N–H and O–H groups in total. The maximum absolute atomic E-state index is 13.8. The summed E-state index contributed by atoms with van der Waals surface area (Å²) in [7, 11) is 1.60. The van der Waals surface area contributed by atoms with Crippen LogP contribution in [-0.4, -0.2) is 90.6 Å². The number of ether oxygens (including phenoxy) is 1. The standard InChI is InChI=1S/C34H40ClFN8O4/c1-4-34(46)40-27-18-28(31(47-3)19-30(27)43-10-7-24(8-11-43)42-14-12-41(13-15-42)22(2)45)39-32-20-33(38-21-37-32)44-29(9-16-48-44)23-5-6-26(36)25(35)17-23/h4-6,17-21,24,29H,1,7-16H2,2-3H3,(H,40,46)(H,37,38,39)/t29-/m1/s1. The molecule has 1 aromatic heterocycles. The predicted octanol–water partition coefficient (Wildman–Crippen LogP) is 5.16. The molecule has 3 fully saturated rings. The monoisotopic (exact) mass is 678 g/mol. The van der Waals surface area contributed by atoms with Crippen LogP contribution in [0.3, 0.4) is 0 Å². The zero-order chi connectivity index (χ0) is 33.8. The highest BCUT2D eigenvalue weighted by Gasteiger charge is 2.31. The van der Waals surface area contributed by atoms with Crippen molar-refractivity contribution in [1.29, 1.82) is 0 Å². The van der Waals surface area contributed by atoms with Crippen LogP contribution in [0, 0.1) is 5.82 Å². The Hall–Kier alpha value is -4.46. The van der Waals surface area contributed by atoms with Gasteiger partial charge in [0.2, 0.25) is 11.8 Å². The van der Waals surface area contributed by atoms with E-state index in [0.717, 1.165) is 63.4 Å². The molecule has 2 aromatic carbocycles. The number of rotatable bonds is 9. The van der Waals surface area contributed by atoms with Crippen molar-refractivity contribution in [2.24, 2.45) is 0 Å². The number of amides is 2. The Labute approximate surface area is 284 Å². The summed E-state index contributed by atoms with van der Waals surface area (Å²) in [6, 6.07) is 10.4. The van der Waals surface area contributed by atoms with Gasteiger partial charge in [-0.1, -0.05) is 24.2 Å². The molecule has 1 atom stereocenters. The van der Waals surface area contributed by atoms with Gasteiger partial charge in [0.1, 0.15) is 23.7 Å². The van der Waals surface area contributed by atoms with E-state index in [1.54, 1.807) is 37.3 Å². The molecule has 48 heavy (non-hydrogen) atoms. The lowest BCUT2D eigenvalue weighted by Gasteiger charge is -2.43. The van der Waals surface area contributed by atoms with Crippen molar-refractivity contribution in [1.82, 2.24) is 19.8 Å². The van der Waals surface area contributed by atoms with Crippen molar-refractivity contribution in [3.63, 3.8) is 0 Å². The largest absolute Gasteiger partial charge is 0.494 e. The Balaban J connectivity index is 1.20. The molecular formula is C34H40ClFN8O4. The van der Waals surface area contributed by atoms with Crippen LogP contribution in [0.1, 0.15) is 37.8 Å². The maximum Gasteiger partial charge on any atom is 0.247 e. The van der Waals surface area contributed by atoms with Gasteiger partial charge >= 0.3 is 0 Å². The normalized spacial score (nSPS) is 18.9. The zero-order valence-electron chi connectivity index (χ0n) is 27.1. The molecule has 0 saturated carbocycles. The fourth-order valence-electron chi connectivity index (χ4n) is 6.65. The third-order valence-corrected chi connectivity index (χ3v) is 9.51. The van der Waals surface area contributed by atoms with Crippen LogP contribution in [0.4, 0.5) is 33.1 Å². The van der Waals surface area contributed by atoms with E-state index in [-0.39, 0.29) is 22.9 Å². The summed E-state index contributed by atoms with van der Waals surface area (Å²) >= 11 is 6.07. The highest BCUT2D eigenvalue weighted by Crippen LogP contribution is 2.41. The summed E-state index contributed by atoms with van der Waals surface area (Å²) in [5.74, 6) is 0.884. The Morgan fingerprint density at radius 2 is 1.81 bits per heavy atom. The van der Waals surface area contributed by atoms with Crippen molar-refractivity contribution >= 4 is 52.1 Å². The molecule has 0 aliphatic carbocycles. The van der Waals surface area contributed by atoms with Gasteiger partial charge in [0.15, 0.2) is 5.82 Å². The molecule has 4 heterocycles. The summed E-state index contributed by atoms with van der Waals surface area (Å²) in [5, 5.41) is 8.02. The number of hydrogen-bond acceptors (Lipinski definition) is 10. The lowest BCUT2D eigenvalue weighted by Crippen LogP contribution is -2.54. The van der Waals surface area contributed by atoms with Crippen LogP contribution in [0.5, 0.6) is 5.75 Å². The van der Waals surface area contributed by atoms with Crippen LogP contribution >= 0.6 is 11.6 Å². The predicted molar refractivity (Wildman–Crippen MR) is 183 cm³/mol. The number of hydroxylamine groups is 1. The second kappa shape index (κ2) is 14.8. The van der Waals surface area contributed by atoms with E-state index in [9.17, 15) is 14.0 Å². The molecular weight excluding hydrogens is 639 g/mol. The number of nitrogens with one attached hydrogen (secondary N) is 2. The van der Waals surface area contributed by atoms with Gasteiger partial charge in [0.05, 0.1) is 41.8 Å². The first-order valence-corrected chi connectivity index (χ1v) is 16.5. The number of aromatic nitrogens is 2. The second-order valence-corrected chi connectivity index (χ2v) is 12.5. The van der Waals surface area contributed by atoms with E-state index in [1.807, 2.05) is 17.0 Å². The first-order valence-electron chi connectivity index (χ1n) is 16.1. The Morgan fingerprint density at radius 1 is 1.04 bits per heavy atom. The molecule has 0 unspecified atom stereocenters. The van der Waals surface area contributed by atoms with Crippen molar-refractivity contribution in [2.45, 2.75) is 38.3 Å². The lowest BCUT2D eigenvalue weighted by atomic mass is 10.0. The summed E-state index contributed by atoms with van der Waals surface area (Å²) in [6.07, 6.45) is 5.27. The molecule has 0 bridgehead atoms. The van der Waals surface area contributed by atoms with Crippen LogP contribution < -0.4 is 25.3 Å². The van der Waals surface area contributed by atoms with Crippen molar-refractivity contribution in [3.8, 4) is 5.75 Å². The van der Waals surface area contributed by atoms with Crippen molar-refractivity contribution < 1.29 is 23.6 Å². The van der Waals surface area contributed by atoms with Gasteiger partial charge in [-0.3, -0.25) is 19.3 Å². The minimum Gasteiger partial charge on any atom is -0.494 e. The molecule has 254 valence electrons. The van der Waals surface area contributed by atoms with Gasteiger partial charge < -0.3 is 25.2 Å². The fourth-order valence-corrected chi connectivity index (χ4v) is 6.84. The minimum atomic E-state index is -0.479. The highest BCUT2D eigenvalue weighted by molar-refractivity contribution is 6.30. The number of nitrogens with zero attached hydrogens (tertiary/aromatic N) is 6. The summed E-state index contributed by atoms with van der Waals surface area (Å²) < 4.78 is 19.7. The maximum atomic E-state index is 13.8. The molecule has 3 aromatic rings. The number of methoxy groups -OCH3 is 1. The third kappa shape index (κ3) is 7.33. The fraction of sp³-hybridized carbons (Fsp3) is 0.412. The zero-order valence-corrected chi connectivity index (χ0v) is 27.9. The number of carbonyl (C=O) groups excluding carboxylic acids is 2. The first kappa shape index (κ1) is 33.4. The van der Waals surface area contributed by atoms with E-state index in [2.05, 4.69) is 37.0 Å². The average molecular weight is 679 g/mol. The number of carbonyl (C=O) groups is 2. The van der Waals surface area contributed by atoms with Gasteiger partial charge in [0, 0.05) is 70.8 Å². The molecule has 2 amide bonds. The number of piperazine rings is 1. The molecule has 3 aliphatic rings. The van der Waals surface area contributed by atoms with Gasteiger partial charge in [-0.2, -0.15) is 0 Å². The lowest BCUT2D eigenvalue weighted by molar-refractivity contribution is -0.131. The van der Waals surface area contributed by atoms with E-state index < -0.39 is 5.82 Å². The Bertz CT molecular complexity index is 1660. The number of anilines is 5. The van der Waals surface area contributed by atoms with Crippen LogP contribution in [0.15, 0.2) is 55.4 Å². The molecule has 0 spiro atoms. The van der Waals surface area contributed by atoms with Crippen LogP contribution in [0.25, 0.3) is 0 Å². The number of hydrogen-bond donors (Lipinski definition) is 2. The SMILES string of the molecule is C=CC(=O)Nc1cc(Nc2cc(N3OCC[C@@H]3c3ccc(F)c(Cl)c3)ncn2)c(OC)cc1N1CCC(N2CCN(C(C)=O)CC2)CC1. The van der Waals surface area contributed by atoms with E-state index in [0.29, 0.717) is 47.8 Å². The molecule has 14 heteroatoms. The first-order chi connectivity index (χ1) is 23.2. The highest BCUT2D eigenvalue weighted by atomic mass is 35.5. The van der Waals surface area contributed by atoms with Gasteiger partial charge in [-0.15, -0.1) is 0 Å². The van der Waals surface area contributed by atoms with Crippen molar-refractivity contribution in [3.05, 3.63) is 71.8 Å². The summed E-state index contributed by atoms with van der Waals surface area (Å²) in [5.41, 5.74) is 2.86. The Morgan fingerprint density at radius 3 is 2.50 bits per heavy atom. The van der Waals surface area contributed by atoms with Gasteiger partial charge in [-0.05, 0) is 42.7 Å². The van der Waals surface area contributed by atoms with Crippen molar-refractivity contribution in [2.75, 3.05) is 73.6 Å². The number of piperidine rings is 1. The van der Waals surface area contributed by atoms with E-state index in [4.69, 9.17) is 21.2 Å².